The van der Waals surface area contributed by atoms with Crippen LogP contribution in [0, 0.1) is 0 Å². The van der Waals surface area contributed by atoms with E-state index in [-0.39, 0.29) is 0 Å². The van der Waals surface area contributed by atoms with Crippen molar-refractivity contribution in [1.82, 2.24) is 19.7 Å². The van der Waals surface area contributed by atoms with Gasteiger partial charge in [0.05, 0.1) is 23.1 Å². The van der Waals surface area contributed by atoms with Gasteiger partial charge in [0, 0.05) is 29.1 Å². The summed E-state index contributed by atoms with van der Waals surface area (Å²) in [5.41, 5.74) is 3.55. The Bertz CT molecular complexity index is 750. The third kappa shape index (κ3) is 2.51. The third-order valence-electron chi connectivity index (χ3n) is 2.95. The molecule has 0 radical (unpaired) electrons. The molecular formula is C14H14BrN5. The van der Waals surface area contributed by atoms with Crippen LogP contribution >= 0.6 is 15.9 Å². The van der Waals surface area contributed by atoms with Gasteiger partial charge in [-0.2, -0.15) is 5.10 Å². The lowest BCUT2D eigenvalue weighted by molar-refractivity contribution is 0.532. The molecule has 0 bridgehead atoms. The SMILES string of the molecule is CC(C)n1cc(Nc2ccnc3cc(Br)cnc23)cn1. The van der Waals surface area contributed by atoms with Gasteiger partial charge >= 0.3 is 0 Å². The zero-order chi connectivity index (χ0) is 14.1. The Kier molecular flexibility index (Phi) is 3.40. The number of halogens is 1. The molecule has 6 heteroatoms. The van der Waals surface area contributed by atoms with Crippen LogP contribution in [0.5, 0.6) is 0 Å². The number of aromatic nitrogens is 4. The van der Waals surface area contributed by atoms with Crippen LogP contribution in [-0.2, 0) is 0 Å². The number of pyridine rings is 2. The highest BCUT2D eigenvalue weighted by molar-refractivity contribution is 9.10. The topological polar surface area (TPSA) is 55.6 Å². The van der Waals surface area contributed by atoms with E-state index in [2.05, 4.69) is 50.2 Å². The van der Waals surface area contributed by atoms with Crippen molar-refractivity contribution in [3.8, 4) is 0 Å². The Hall–Kier alpha value is -1.95. The molecule has 0 saturated heterocycles. The number of fused-ring (bicyclic) bond motifs is 1. The minimum Gasteiger partial charge on any atom is -0.351 e. The Morgan fingerprint density at radius 1 is 1.25 bits per heavy atom. The Balaban J connectivity index is 1.97. The highest BCUT2D eigenvalue weighted by atomic mass is 79.9. The Morgan fingerprint density at radius 3 is 2.85 bits per heavy atom. The number of hydrogen-bond donors (Lipinski definition) is 1. The minimum absolute atomic E-state index is 0.341. The molecule has 3 rings (SSSR count). The van der Waals surface area contributed by atoms with Crippen LogP contribution in [0.4, 0.5) is 11.4 Å². The lowest BCUT2D eigenvalue weighted by Gasteiger charge is -2.07. The Labute approximate surface area is 125 Å². The molecule has 0 amide bonds. The molecule has 3 heterocycles. The molecule has 5 nitrogen and oxygen atoms in total. The standard InChI is InChI=1S/C14H14BrN5/c1-9(2)20-8-11(7-18-20)19-12-3-4-16-13-5-10(15)6-17-14(12)13/h3-9H,1-2H3,(H,16,19). The van der Waals surface area contributed by atoms with E-state index in [1.807, 2.05) is 29.2 Å². The summed E-state index contributed by atoms with van der Waals surface area (Å²) < 4.78 is 2.83. The number of anilines is 2. The van der Waals surface area contributed by atoms with E-state index in [1.165, 1.54) is 0 Å². The summed E-state index contributed by atoms with van der Waals surface area (Å²) in [6.07, 6.45) is 7.33. The first-order valence-corrected chi connectivity index (χ1v) is 7.14. The predicted molar refractivity (Wildman–Crippen MR) is 83.1 cm³/mol. The molecule has 0 atom stereocenters. The average Bonchev–Trinajstić information content (AvgIpc) is 2.87. The normalized spacial score (nSPS) is 11.2. The third-order valence-corrected chi connectivity index (χ3v) is 3.39. The van der Waals surface area contributed by atoms with E-state index in [0.717, 1.165) is 26.9 Å². The first-order chi connectivity index (χ1) is 9.63. The van der Waals surface area contributed by atoms with Crippen molar-refractivity contribution in [2.75, 3.05) is 5.32 Å². The van der Waals surface area contributed by atoms with Crippen LogP contribution in [0.2, 0.25) is 0 Å². The van der Waals surface area contributed by atoms with Crippen molar-refractivity contribution < 1.29 is 0 Å². The molecule has 0 aliphatic carbocycles. The summed E-state index contributed by atoms with van der Waals surface area (Å²) in [5, 5.41) is 7.66. The molecule has 0 unspecified atom stereocenters. The van der Waals surface area contributed by atoms with Crippen LogP contribution in [0.15, 0.2) is 41.4 Å². The van der Waals surface area contributed by atoms with Gasteiger partial charge in [0.2, 0.25) is 0 Å². The molecule has 0 spiro atoms. The van der Waals surface area contributed by atoms with Crippen molar-refractivity contribution in [1.29, 1.82) is 0 Å². The fraction of sp³-hybridized carbons (Fsp3) is 0.214. The fourth-order valence-electron chi connectivity index (χ4n) is 1.95. The van der Waals surface area contributed by atoms with Gasteiger partial charge in [0.1, 0.15) is 5.52 Å². The van der Waals surface area contributed by atoms with Crippen molar-refractivity contribution in [2.45, 2.75) is 19.9 Å². The van der Waals surface area contributed by atoms with Gasteiger partial charge in [-0.05, 0) is 41.9 Å². The zero-order valence-corrected chi connectivity index (χ0v) is 12.8. The number of nitrogens with zero attached hydrogens (tertiary/aromatic N) is 4. The highest BCUT2D eigenvalue weighted by Crippen LogP contribution is 2.25. The molecule has 0 aromatic carbocycles. The molecular weight excluding hydrogens is 318 g/mol. The van der Waals surface area contributed by atoms with E-state index < -0.39 is 0 Å². The second kappa shape index (κ2) is 5.20. The van der Waals surface area contributed by atoms with E-state index >= 15 is 0 Å². The number of rotatable bonds is 3. The summed E-state index contributed by atoms with van der Waals surface area (Å²) in [6, 6.07) is 4.20. The minimum atomic E-state index is 0.341. The van der Waals surface area contributed by atoms with Gasteiger partial charge in [-0.3, -0.25) is 14.6 Å². The van der Waals surface area contributed by atoms with E-state index in [0.29, 0.717) is 6.04 Å². The molecule has 0 fully saturated rings. The molecule has 102 valence electrons. The maximum atomic E-state index is 4.42. The predicted octanol–water partition coefficient (Wildman–Crippen LogP) is 3.91. The molecule has 1 N–H and O–H groups in total. The molecule has 0 aliphatic rings. The Morgan fingerprint density at radius 2 is 2.10 bits per heavy atom. The van der Waals surface area contributed by atoms with Gasteiger partial charge in [-0.1, -0.05) is 0 Å². The molecule has 3 aromatic rings. The first-order valence-electron chi connectivity index (χ1n) is 6.35. The van der Waals surface area contributed by atoms with Crippen LogP contribution in [-0.4, -0.2) is 19.7 Å². The molecule has 20 heavy (non-hydrogen) atoms. The van der Waals surface area contributed by atoms with Gasteiger partial charge in [0.15, 0.2) is 0 Å². The lowest BCUT2D eigenvalue weighted by atomic mass is 10.3. The van der Waals surface area contributed by atoms with E-state index in [1.54, 1.807) is 12.4 Å². The first kappa shape index (κ1) is 13.1. The molecule has 0 saturated carbocycles. The second-order valence-corrected chi connectivity index (χ2v) is 5.72. The summed E-state index contributed by atoms with van der Waals surface area (Å²) in [6.45, 7) is 4.19. The number of hydrogen-bond acceptors (Lipinski definition) is 4. The van der Waals surface area contributed by atoms with Crippen molar-refractivity contribution >= 4 is 38.3 Å². The maximum absolute atomic E-state index is 4.42. The highest BCUT2D eigenvalue weighted by Gasteiger charge is 2.06. The van der Waals surface area contributed by atoms with Crippen LogP contribution in [0.25, 0.3) is 11.0 Å². The van der Waals surface area contributed by atoms with E-state index in [9.17, 15) is 0 Å². The van der Waals surface area contributed by atoms with Crippen molar-refractivity contribution in [2.24, 2.45) is 0 Å². The zero-order valence-electron chi connectivity index (χ0n) is 11.2. The van der Waals surface area contributed by atoms with Crippen LogP contribution < -0.4 is 5.32 Å². The maximum Gasteiger partial charge on any atom is 0.112 e. The smallest absolute Gasteiger partial charge is 0.112 e. The lowest BCUT2D eigenvalue weighted by Crippen LogP contribution is -2.00. The van der Waals surface area contributed by atoms with Gasteiger partial charge in [0.25, 0.3) is 0 Å². The summed E-state index contributed by atoms with van der Waals surface area (Å²) >= 11 is 3.41. The van der Waals surface area contributed by atoms with Crippen molar-refractivity contribution in [3.63, 3.8) is 0 Å². The second-order valence-electron chi connectivity index (χ2n) is 4.81. The van der Waals surface area contributed by atoms with Gasteiger partial charge < -0.3 is 5.32 Å². The number of nitrogens with one attached hydrogen (secondary N) is 1. The summed E-state index contributed by atoms with van der Waals surface area (Å²) in [7, 11) is 0. The van der Waals surface area contributed by atoms with E-state index in [4.69, 9.17) is 0 Å². The van der Waals surface area contributed by atoms with Crippen molar-refractivity contribution in [3.05, 3.63) is 41.4 Å². The largest absolute Gasteiger partial charge is 0.351 e. The monoisotopic (exact) mass is 331 g/mol. The fourth-order valence-corrected chi connectivity index (χ4v) is 2.27. The van der Waals surface area contributed by atoms with Gasteiger partial charge in [-0.15, -0.1) is 0 Å². The van der Waals surface area contributed by atoms with Crippen LogP contribution in [0.3, 0.4) is 0 Å². The molecule has 0 aliphatic heterocycles. The summed E-state index contributed by atoms with van der Waals surface area (Å²) in [4.78, 5) is 8.74. The van der Waals surface area contributed by atoms with Crippen LogP contribution in [0.1, 0.15) is 19.9 Å². The van der Waals surface area contributed by atoms with Gasteiger partial charge in [-0.25, -0.2) is 0 Å². The quantitative estimate of drug-likeness (QED) is 0.790. The molecule has 3 aromatic heterocycles. The summed E-state index contributed by atoms with van der Waals surface area (Å²) in [5.74, 6) is 0. The average molecular weight is 332 g/mol.